The Morgan fingerprint density at radius 2 is 2.16 bits per heavy atom. The number of ether oxygens (including phenoxy) is 1. The molecule has 1 amide bonds. The molecule has 0 bridgehead atoms. The second-order valence-electron chi connectivity index (χ2n) is 6.12. The van der Waals surface area contributed by atoms with E-state index in [0.29, 0.717) is 32.1 Å². The normalized spacial score (nSPS) is 26.4. The van der Waals surface area contributed by atoms with Crippen molar-refractivity contribution in [1.82, 2.24) is 10.6 Å². The first kappa shape index (κ1) is 16.4. The number of carbonyl (C=O) groups excluding carboxylic acids is 1. The highest BCUT2D eigenvalue weighted by molar-refractivity contribution is 5.79. The van der Waals surface area contributed by atoms with Gasteiger partial charge in [0.15, 0.2) is 0 Å². The molecule has 1 fully saturated rings. The standard InChI is InChI=1S/C14H28N2O3/c1-5-15-12-8-19-7-11(12)13(17)16-9-14(4,18)6-10(2)3/h10-12,15,18H,5-9H2,1-4H3,(H,16,17). The van der Waals surface area contributed by atoms with Crippen molar-refractivity contribution >= 4 is 5.91 Å². The highest BCUT2D eigenvalue weighted by Crippen LogP contribution is 2.17. The van der Waals surface area contributed by atoms with Crippen LogP contribution in [0.2, 0.25) is 0 Å². The van der Waals surface area contributed by atoms with Crippen LogP contribution in [0.3, 0.4) is 0 Å². The van der Waals surface area contributed by atoms with E-state index in [0.717, 1.165) is 6.54 Å². The second kappa shape index (κ2) is 7.22. The van der Waals surface area contributed by atoms with Gasteiger partial charge in [-0.2, -0.15) is 0 Å². The molecule has 0 aromatic carbocycles. The number of amides is 1. The fourth-order valence-corrected chi connectivity index (χ4v) is 2.64. The minimum absolute atomic E-state index is 0.0347. The lowest BCUT2D eigenvalue weighted by atomic mass is 9.94. The number of hydrogen-bond donors (Lipinski definition) is 3. The van der Waals surface area contributed by atoms with E-state index in [1.54, 1.807) is 6.92 Å². The van der Waals surface area contributed by atoms with Crippen LogP contribution in [0, 0.1) is 11.8 Å². The Labute approximate surface area is 116 Å². The van der Waals surface area contributed by atoms with Crippen molar-refractivity contribution in [2.75, 3.05) is 26.3 Å². The Balaban J connectivity index is 2.42. The smallest absolute Gasteiger partial charge is 0.227 e. The largest absolute Gasteiger partial charge is 0.388 e. The predicted octanol–water partition coefficient (Wildman–Crippen LogP) is 0.524. The van der Waals surface area contributed by atoms with E-state index >= 15 is 0 Å². The van der Waals surface area contributed by atoms with Gasteiger partial charge in [-0.15, -0.1) is 0 Å². The summed E-state index contributed by atoms with van der Waals surface area (Å²) in [6.07, 6.45) is 0.672. The number of aliphatic hydroxyl groups is 1. The van der Waals surface area contributed by atoms with Crippen LogP contribution in [-0.4, -0.2) is 49.0 Å². The molecule has 3 unspecified atom stereocenters. The number of hydrogen-bond acceptors (Lipinski definition) is 4. The average Bonchev–Trinajstić information content (AvgIpc) is 2.73. The monoisotopic (exact) mass is 272 g/mol. The van der Waals surface area contributed by atoms with Gasteiger partial charge in [-0.1, -0.05) is 20.8 Å². The van der Waals surface area contributed by atoms with E-state index in [9.17, 15) is 9.90 Å². The van der Waals surface area contributed by atoms with Crippen molar-refractivity contribution < 1.29 is 14.6 Å². The van der Waals surface area contributed by atoms with E-state index < -0.39 is 5.60 Å². The molecular weight excluding hydrogens is 244 g/mol. The van der Waals surface area contributed by atoms with Crippen molar-refractivity contribution in [3.63, 3.8) is 0 Å². The quantitative estimate of drug-likeness (QED) is 0.632. The van der Waals surface area contributed by atoms with Gasteiger partial charge in [0.05, 0.1) is 24.7 Å². The maximum atomic E-state index is 12.1. The summed E-state index contributed by atoms with van der Waals surface area (Å²) in [7, 11) is 0. The SMILES string of the molecule is CCNC1COCC1C(=O)NCC(C)(O)CC(C)C. The molecule has 112 valence electrons. The number of likely N-dealkylation sites (N-methyl/N-ethyl adjacent to an activating group) is 1. The van der Waals surface area contributed by atoms with Crippen LogP contribution in [0.4, 0.5) is 0 Å². The van der Waals surface area contributed by atoms with Crippen molar-refractivity contribution in [3.8, 4) is 0 Å². The van der Waals surface area contributed by atoms with Gasteiger partial charge in [0.1, 0.15) is 0 Å². The van der Waals surface area contributed by atoms with Crippen molar-refractivity contribution in [2.24, 2.45) is 11.8 Å². The molecule has 0 radical (unpaired) electrons. The summed E-state index contributed by atoms with van der Waals surface area (Å²) >= 11 is 0. The van der Waals surface area contributed by atoms with Crippen LogP contribution in [0.5, 0.6) is 0 Å². The van der Waals surface area contributed by atoms with E-state index in [-0.39, 0.29) is 17.9 Å². The molecule has 0 spiro atoms. The molecule has 1 aliphatic heterocycles. The van der Waals surface area contributed by atoms with E-state index in [1.807, 2.05) is 6.92 Å². The zero-order valence-electron chi connectivity index (χ0n) is 12.5. The summed E-state index contributed by atoms with van der Waals surface area (Å²) in [5, 5.41) is 16.3. The third-order valence-electron chi connectivity index (χ3n) is 3.38. The van der Waals surface area contributed by atoms with Crippen LogP contribution < -0.4 is 10.6 Å². The predicted molar refractivity (Wildman–Crippen MR) is 74.9 cm³/mol. The molecule has 19 heavy (non-hydrogen) atoms. The first-order chi connectivity index (χ1) is 8.85. The molecule has 0 aromatic rings. The van der Waals surface area contributed by atoms with Crippen LogP contribution in [0.15, 0.2) is 0 Å². The fourth-order valence-electron chi connectivity index (χ4n) is 2.64. The Morgan fingerprint density at radius 1 is 1.47 bits per heavy atom. The number of carbonyl (C=O) groups is 1. The van der Waals surface area contributed by atoms with Crippen LogP contribution in [-0.2, 0) is 9.53 Å². The van der Waals surface area contributed by atoms with Crippen LogP contribution in [0.25, 0.3) is 0 Å². The zero-order valence-corrected chi connectivity index (χ0v) is 12.5. The molecule has 1 saturated heterocycles. The van der Waals surface area contributed by atoms with E-state index in [2.05, 4.69) is 24.5 Å². The molecule has 3 N–H and O–H groups in total. The fraction of sp³-hybridized carbons (Fsp3) is 0.929. The van der Waals surface area contributed by atoms with E-state index in [1.165, 1.54) is 0 Å². The number of nitrogens with one attached hydrogen (secondary N) is 2. The topological polar surface area (TPSA) is 70.6 Å². The van der Waals surface area contributed by atoms with Gasteiger partial charge in [-0.3, -0.25) is 4.79 Å². The number of rotatable bonds is 7. The lowest BCUT2D eigenvalue weighted by Crippen LogP contribution is -2.48. The molecule has 5 nitrogen and oxygen atoms in total. The summed E-state index contributed by atoms with van der Waals surface area (Å²) in [5.41, 5.74) is -0.850. The average molecular weight is 272 g/mol. The molecule has 0 aromatic heterocycles. The summed E-state index contributed by atoms with van der Waals surface area (Å²) in [6, 6.07) is 0.0834. The lowest BCUT2D eigenvalue weighted by molar-refractivity contribution is -0.126. The molecule has 1 rings (SSSR count). The van der Waals surface area contributed by atoms with Crippen LogP contribution in [0.1, 0.15) is 34.1 Å². The van der Waals surface area contributed by atoms with Gasteiger partial charge in [-0.25, -0.2) is 0 Å². The Morgan fingerprint density at radius 3 is 2.74 bits per heavy atom. The van der Waals surface area contributed by atoms with Gasteiger partial charge >= 0.3 is 0 Å². The van der Waals surface area contributed by atoms with Gasteiger partial charge < -0.3 is 20.5 Å². The molecule has 0 aliphatic carbocycles. The van der Waals surface area contributed by atoms with E-state index in [4.69, 9.17) is 4.74 Å². The lowest BCUT2D eigenvalue weighted by Gasteiger charge is -2.27. The maximum Gasteiger partial charge on any atom is 0.227 e. The van der Waals surface area contributed by atoms with Crippen molar-refractivity contribution in [2.45, 2.75) is 45.8 Å². The Kier molecular flexibility index (Phi) is 6.23. The Bertz CT molecular complexity index is 292. The molecule has 5 heteroatoms. The molecule has 1 heterocycles. The Hall–Kier alpha value is -0.650. The molecule has 0 saturated carbocycles. The van der Waals surface area contributed by atoms with Gasteiger partial charge in [0.2, 0.25) is 5.91 Å². The minimum atomic E-state index is -0.850. The summed E-state index contributed by atoms with van der Waals surface area (Å²) in [6.45, 7) is 10.0. The second-order valence-corrected chi connectivity index (χ2v) is 6.12. The third-order valence-corrected chi connectivity index (χ3v) is 3.38. The van der Waals surface area contributed by atoms with Gasteiger partial charge in [-0.05, 0) is 25.8 Å². The summed E-state index contributed by atoms with van der Waals surface area (Å²) in [5.74, 6) is 0.207. The maximum absolute atomic E-state index is 12.1. The highest BCUT2D eigenvalue weighted by atomic mass is 16.5. The molecule has 3 atom stereocenters. The summed E-state index contributed by atoms with van der Waals surface area (Å²) < 4.78 is 5.35. The first-order valence-corrected chi connectivity index (χ1v) is 7.17. The van der Waals surface area contributed by atoms with Crippen molar-refractivity contribution in [3.05, 3.63) is 0 Å². The highest BCUT2D eigenvalue weighted by Gasteiger charge is 2.34. The minimum Gasteiger partial charge on any atom is -0.388 e. The van der Waals surface area contributed by atoms with Crippen molar-refractivity contribution in [1.29, 1.82) is 0 Å². The molecular formula is C14H28N2O3. The first-order valence-electron chi connectivity index (χ1n) is 7.17. The summed E-state index contributed by atoms with van der Waals surface area (Å²) in [4.78, 5) is 12.1. The van der Waals surface area contributed by atoms with Gasteiger partial charge in [0.25, 0.3) is 0 Å². The zero-order chi connectivity index (χ0) is 14.5. The molecule has 1 aliphatic rings. The van der Waals surface area contributed by atoms with Gasteiger partial charge in [0, 0.05) is 12.6 Å². The third kappa shape index (κ3) is 5.47. The van der Waals surface area contributed by atoms with Crippen LogP contribution >= 0.6 is 0 Å².